The van der Waals surface area contributed by atoms with Crippen molar-refractivity contribution in [2.24, 2.45) is 11.7 Å². The lowest BCUT2D eigenvalue weighted by Gasteiger charge is -2.39. The van der Waals surface area contributed by atoms with Crippen LogP contribution in [0.15, 0.2) is 18.2 Å². The largest absolute Gasteiger partial charge is 0.334 e. The molecule has 0 aliphatic carbocycles. The van der Waals surface area contributed by atoms with E-state index in [-0.39, 0.29) is 17.5 Å². The Morgan fingerprint density at radius 2 is 2.26 bits per heavy atom. The van der Waals surface area contributed by atoms with E-state index in [4.69, 9.17) is 5.73 Å². The number of carbonyl (C=O) groups is 1. The van der Waals surface area contributed by atoms with Crippen LogP contribution in [0.2, 0.25) is 0 Å². The first-order valence-corrected chi connectivity index (χ1v) is 6.81. The van der Waals surface area contributed by atoms with Crippen LogP contribution in [0.3, 0.4) is 0 Å². The molecule has 2 atom stereocenters. The normalized spacial score (nSPS) is 23.5. The quantitative estimate of drug-likeness (QED) is 0.891. The SMILES string of the molecule is Cc1ccc(C(=O)N2CCCC(C)C2CN)c(F)c1. The second-order valence-corrected chi connectivity index (χ2v) is 5.40. The van der Waals surface area contributed by atoms with Crippen molar-refractivity contribution in [3.05, 3.63) is 35.1 Å². The van der Waals surface area contributed by atoms with E-state index in [0.29, 0.717) is 19.0 Å². The molecule has 1 aliphatic heterocycles. The second kappa shape index (κ2) is 5.70. The summed E-state index contributed by atoms with van der Waals surface area (Å²) in [7, 11) is 0. The summed E-state index contributed by atoms with van der Waals surface area (Å²) in [5.74, 6) is -0.310. The van der Waals surface area contributed by atoms with Crippen LogP contribution >= 0.6 is 0 Å². The number of hydrogen-bond acceptors (Lipinski definition) is 2. The molecule has 1 heterocycles. The molecule has 0 radical (unpaired) electrons. The van der Waals surface area contributed by atoms with Crippen molar-refractivity contribution in [1.82, 2.24) is 4.90 Å². The Morgan fingerprint density at radius 1 is 1.53 bits per heavy atom. The Labute approximate surface area is 113 Å². The lowest BCUT2D eigenvalue weighted by atomic mass is 9.90. The van der Waals surface area contributed by atoms with E-state index in [1.165, 1.54) is 6.07 Å². The van der Waals surface area contributed by atoms with Crippen LogP contribution in [0.1, 0.15) is 35.7 Å². The van der Waals surface area contributed by atoms with E-state index in [0.717, 1.165) is 18.4 Å². The predicted octanol–water partition coefficient (Wildman–Crippen LogP) is 2.33. The Morgan fingerprint density at radius 3 is 2.89 bits per heavy atom. The highest BCUT2D eigenvalue weighted by Crippen LogP contribution is 2.25. The average Bonchev–Trinajstić information content (AvgIpc) is 2.37. The molecule has 2 unspecified atom stereocenters. The highest BCUT2D eigenvalue weighted by atomic mass is 19.1. The van der Waals surface area contributed by atoms with E-state index >= 15 is 0 Å². The minimum atomic E-state index is -0.445. The number of benzene rings is 1. The van der Waals surface area contributed by atoms with Gasteiger partial charge < -0.3 is 10.6 Å². The van der Waals surface area contributed by atoms with Gasteiger partial charge in [0.25, 0.3) is 5.91 Å². The monoisotopic (exact) mass is 264 g/mol. The van der Waals surface area contributed by atoms with Crippen molar-refractivity contribution < 1.29 is 9.18 Å². The summed E-state index contributed by atoms with van der Waals surface area (Å²) < 4.78 is 13.9. The van der Waals surface area contributed by atoms with Crippen LogP contribution < -0.4 is 5.73 Å². The Kier molecular flexibility index (Phi) is 4.20. The van der Waals surface area contributed by atoms with E-state index < -0.39 is 5.82 Å². The molecule has 4 heteroatoms. The van der Waals surface area contributed by atoms with Crippen molar-refractivity contribution in [1.29, 1.82) is 0 Å². The van der Waals surface area contributed by atoms with E-state index in [1.54, 1.807) is 17.0 Å². The molecule has 2 N–H and O–H groups in total. The summed E-state index contributed by atoms with van der Waals surface area (Å²) in [4.78, 5) is 14.2. The molecule has 2 rings (SSSR count). The fourth-order valence-electron chi connectivity index (χ4n) is 2.81. The van der Waals surface area contributed by atoms with Gasteiger partial charge in [0.2, 0.25) is 0 Å². The molecule has 1 fully saturated rings. The fraction of sp³-hybridized carbons (Fsp3) is 0.533. The van der Waals surface area contributed by atoms with Crippen molar-refractivity contribution >= 4 is 5.91 Å². The predicted molar refractivity (Wildman–Crippen MR) is 73.4 cm³/mol. The smallest absolute Gasteiger partial charge is 0.257 e. The zero-order chi connectivity index (χ0) is 14.0. The van der Waals surface area contributed by atoms with E-state index in [1.807, 2.05) is 6.92 Å². The number of halogens is 1. The first kappa shape index (κ1) is 14.0. The van der Waals surface area contributed by atoms with Gasteiger partial charge in [0.05, 0.1) is 5.56 Å². The van der Waals surface area contributed by atoms with Crippen molar-refractivity contribution in [3.8, 4) is 0 Å². The number of amides is 1. The number of nitrogens with zero attached hydrogens (tertiary/aromatic N) is 1. The Balaban J connectivity index is 2.27. The molecule has 1 aromatic carbocycles. The minimum absolute atomic E-state index is 0.0157. The maximum Gasteiger partial charge on any atom is 0.257 e. The van der Waals surface area contributed by atoms with Crippen LogP contribution in [0.5, 0.6) is 0 Å². The first-order chi connectivity index (χ1) is 9.04. The molecule has 1 aliphatic rings. The molecule has 1 amide bonds. The zero-order valence-electron chi connectivity index (χ0n) is 11.5. The average molecular weight is 264 g/mol. The van der Waals surface area contributed by atoms with Crippen molar-refractivity contribution in [3.63, 3.8) is 0 Å². The Hall–Kier alpha value is -1.42. The van der Waals surface area contributed by atoms with Gasteiger partial charge in [-0.15, -0.1) is 0 Å². The molecule has 1 aromatic rings. The lowest BCUT2D eigenvalue weighted by Crippen LogP contribution is -2.51. The number of hydrogen-bond donors (Lipinski definition) is 1. The fourth-order valence-corrected chi connectivity index (χ4v) is 2.81. The summed E-state index contributed by atoms with van der Waals surface area (Å²) in [5.41, 5.74) is 6.74. The molecular formula is C15H21FN2O. The van der Waals surface area contributed by atoms with Gasteiger partial charge in [-0.2, -0.15) is 0 Å². The third-order valence-electron chi connectivity index (χ3n) is 3.97. The highest BCUT2D eigenvalue weighted by molar-refractivity contribution is 5.94. The number of carbonyl (C=O) groups excluding carboxylic acids is 1. The second-order valence-electron chi connectivity index (χ2n) is 5.40. The van der Waals surface area contributed by atoms with Gasteiger partial charge in [-0.05, 0) is 43.4 Å². The van der Waals surface area contributed by atoms with Gasteiger partial charge in [-0.3, -0.25) is 4.79 Å². The van der Waals surface area contributed by atoms with E-state index in [9.17, 15) is 9.18 Å². The topological polar surface area (TPSA) is 46.3 Å². The molecule has 0 saturated carbocycles. The first-order valence-electron chi connectivity index (χ1n) is 6.81. The summed E-state index contributed by atoms with van der Waals surface area (Å²) in [6, 6.07) is 4.75. The third-order valence-corrected chi connectivity index (χ3v) is 3.97. The molecule has 1 saturated heterocycles. The minimum Gasteiger partial charge on any atom is -0.334 e. The van der Waals surface area contributed by atoms with Gasteiger partial charge in [-0.25, -0.2) is 4.39 Å². The van der Waals surface area contributed by atoms with Crippen LogP contribution in [-0.4, -0.2) is 29.9 Å². The molecule has 0 spiro atoms. The molecule has 3 nitrogen and oxygen atoms in total. The Bertz CT molecular complexity index is 475. The molecular weight excluding hydrogens is 243 g/mol. The summed E-state index contributed by atoms with van der Waals surface area (Å²) in [6.45, 7) is 5.00. The summed E-state index contributed by atoms with van der Waals surface area (Å²) in [5, 5.41) is 0. The molecule has 0 bridgehead atoms. The standard InChI is InChI=1S/C15H21FN2O/c1-10-5-6-12(13(16)8-10)15(19)18-7-3-4-11(2)14(18)9-17/h5-6,8,11,14H,3-4,7,9,17H2,1-2H3. The molecule has 19 heavy (non-hydrogen) atoms. The van der Waals surface area contributed by atoms with Crippen LogP contribution in [0.25, 0.3) is 0 Å². The number of aryl methyl sites for hydroxylation is 1. The van der Waals surface area contributed by atoms with Crippen molar-refractivity contribution in [2.45, 2.75) is 32.7 Å². The maximum atomic E-state index is 13.9. The zero-order valence-corrected chi connectivity index (χ0v) is 11.5. The third kappa shape index (κ3) is 2.78. The molecule has 0 aromatic heterocycles. The number of rotatable bonds is 2. The van der Waals surface area contributed by atoms with Gasteiger partial charge >= 0.3 is 0 Å². The number of piperidine rings is 1. The van der Waals surface area contributed by atoms with Crippen LogP contribution in [-0.2, 0) is 0 Å². The van der Waals surface area contributed by atoms with Crippen LogP contribution in [0, 0.1) is 18.7 Å². The van der Waals surface area contributed by atoms with E-state index in [2.05, 4.69) is 6.92 Å². The van der Waals surface area contributed by atoms with Crippen LogP contribution in [0.4, 0.5) is 4.39 Å². The van der Waals surface area contributed by atoms with Gasteiger partial charge in [0, 0.05) is 19.1 Å². The number of nitrogens with two attached hydrogens (primary N) is 1. The van der Waals surface area contributed by atoms with Gasteiger partial charge in [0.15, 0.2) is 0 Å². The number of likely N-dealkylation sites (tertiary alicyclic amines) is 1. The summed E-state index contributed by atoms with van der Waals surface area (Å²) >= 11 is 0. The van der Waals surface area contributed by atoms with Gasteiger partial charge in [-0.1, -0.05) is 13.0 Å². The highest BCUT2D eigenvalue weighted by Gasteiger charge is 2.32. The van der Waals surface area contributed by atoms with Gasteiger partial charge in [0.1, 0.15) is 5.82 Å². The molecule has 104 valence electrons. The van der Waals surface area contributed by atoms with Crippen molar-refractivity contribution in [2.75, 3.05) is 13.1 Å². The lowest BCUT2D eigenvalue weighted by molar-refractivity contribution is 0.0528. The maximum absolute atomic E-state index is 13.9. The summed E-state index contributed by atoms with van der Waals surface area (Å²) in [6.07, 6.45) is 2.03.